The third kappa shape index (κ3) is 2.93. The van der Waals surface area contributed by atoms with Gasteiger partial charge in [0.25, 0.3) is 0 Å². The van der Waals surface area contributed by atoms with Gasteiger partial charge in [-0.15, -0.1) is 0 Å². The number of nitrogens with one attached hydrogen (secondary N) is 1. The summed E-state index contributed by atoms with van der Waals surface area (Å²) in [4.78, 5) is 15.4. The normalized spacial score (nSPS) is 16.9. The zero-order chi connectivity index (χ0) is 15.6. The number of thioether (sulfide) groups is 1. The summed E-state index contributed by atoms with van der Waals surface area (Å²) in [5.74, 6) is 0.345. The highest BCUT2D eigenvalue weighted by Crippen LogP contribution is 2.32. The molecule has 0 saturated carbocycles. The fourth-order valence-electron chi connectivity index (χ4n) is 2.23. The molecule has 116 valence electrons. The van der Waals surface area contributed by atoms with E-state index in [1.165, 1.54) is 18.1 Å². The Kier molecular flexibility index (Phi) is 3.51. The lowest BCUT2D eigenvalue weighted by molar-refractivity contribution is -0.0236. The van der Waals surface area contributed by atoms with Crippen LogP contribution in [0, 0.1) is 0 Å². The van der Waals surface area contributed by atoms with E-state index in [-0.39, 0.29) is 6.29 Å². The molecule has 1 aliphatic heterocycles. The SMILES string of the molecule is Nc1ncnc2[nH]c(SC3=COC(Cc4ccccc4)O3)nc12. The molecule has 0 fully saturated rings. The Labute approximate surface area is 135 Å². The van der Waals surface area contributed by atoms with Gasteiger partial charge in [-0.3, -0.25) is 0 Å². The zero-order valence-corrected chi connectivity index (χ0v) is 12.8. The third-order valence-electron chi connectivity index (χ3n) is 3.30. The molecule has 3 aromatic rings. The topological polar surface area (TPSA) is 98.9 Å². The van der Waals surface area contributed by atoms with Crippen LogP contribution in [0.3, 0.4) is 0 Å². The molecule has 0 spiro atoms. The van der Waals surface area contributed by atoms with E-state index < -0.39 is 0 Å². The number of anilines is 1. The smallest absolute Gasteiger partial charge is 0.245 e. The number of nitrogen functional groups attached to an aromatic ring is 1. The Bertz CT molecular complexity index is 865. The summed E-state index contributed by atoms with van der Waals surface area (Å²) in [5.41, 5.74) is 8.08. The molecule has 23 heavy (non-hydrogen) atoms. The maximum atomic E-state index is 5.77. The number of nitrogens with two attached hydrogens (primary N) is 1. The predicted molar refractivity (Wildman–Crippen MR) is 86.1 cm³/mol. The molecule has 4 rings (SSSR count). The van der Waals surface area contributed by atoms with E-state index in [1.54, 1.807) is 6.26 Å². The van der Waals surface area contributed by atoms with Crippen LogP contribution in [0.25, 0.3) is 11.2 Å². The standard InChI is InChI=1S/C15H13N5O2S/c16-13-12-14(18-8-17-13)20-15(19-12)23-11-7-21-10(22-11)6-9-4-2-1-3-5-9/h1-5,7-8,10H,6H2,(H3,16,17,18,19,20). The maximum Gasteiger partial charge on any atom is 0.245 e. The summed E-state index contributed by atoms with van der Waals surface area (Å²) in [6.45, 7) is 0. The van der Waals surface area contributed by atoms with E-state index in [4.69, 9.17) is 15.2 Å². The number of rotatable bonds is 4. The van der Waals surface area contributed by atoms with Crippen LogP contribution in [0.15, 0.2) is 53.2 Å². The minimum atomic E-state index is -0.325. The van der Waals surface area contributed by atoms with E-state index in [9.17, 15) is 0 Å². The van der Waals surface area contributed by atoms with Gasteiger partial charge >= 0.3 is 0 Å². The molecule has 2 aromatic heterocycles. The lowest BCUT2D eigenvalue weighted by Gasteiger charge is -2.11. The molecule has 1 aliphatic rings. The molecular formula is C15H13N5O2S. The Hall–Kier alpha value is -2.74. The Morgan fingerprint density at radius 2 is 2.09 bits per heavy atom. The Morgan fingerprint density at radius 1 is 1.22 bits per heavy atom. The quantitative estimate of drug-likeness (QED) is 0.759. The van der Waals surface area contributed by atoms with Crippen LogP contribution in [0.4, 0.5) is 5.82 Å². The first kappa shape index (κ1) is 13.9. The van der Waals surface area contributed by atoms with E-state index in [0.29, 0.717) is 33.7 Å². The van der Waals surface area contributed by atoms with E-state index >= 15 is 0 Å². The van der Waals surface area contributed by atoms with Crippen molar-refractivity contribution in [2.75, 3.05) is 5.73 Å². The predicted octanol–water partition coefficient (Wildman–Crippen LogP) is 2.44. The summed E-state index contributed by atoms with van der Waals surface area (Å²) in [5, 5.41) is 1.26. The second kappa shape index (κ2) is 5.81. The van der Waals surface area contributed by atoms with Crippen molar-refractivity contribution in [3.05, 3.63) is 53.6 Å². The number of benzene rings is 1. The molecule has 7 nitrogen and oxygen atoms in total. The molecular weight excluding hydrogens is 314 g/mol. The first-order valence-electron chi connectivity index (χ1n) is 6.98. The van der Waals surface area contributed by atoms with Gasteiger partial charge in [0.05, 0.1) is 0 Å². The van der Waals surface area contributed by atoms with Crippen molar-refractivity contribution < 1.29 is 9.47 Å². The van der Waals surface area contributed by atoms with Crippen molar-refractivity contribution in [1.29, 1.82) is 0 Å². The highest BCUT2D eigenvalue weighted by Gasteiger charge is 2.22. The minimum Gasteiger partial charge on any atom is -0.458 e. The van der Waals surface area contributed by atoms with Crippen molar-refractivity contribution in [3.63, 3.8) is 0 Å². The van der Waals surface area contributed by atoms with Gasteiger partial charge in [0.15, 0.2) is 27.2 Å². The number of ether oxygens (including phenoxy) is 2. The second-order valence-electron chi connectivity index (χ2n) is 4.91. The molecule has 1 unspecified atom stereocenters. The van der Waals surface area contributed by atoms with Crippen LogP contribution in [-0.4, -0.2) is 26.2 Å². The fourth-order valence-corrected chi connectivity index (χ4v) is 2.96. The molecule has 0 aliphatic carbocycles. The zero-order valence-electron chi connectivity index (χ0n) is 12.0. The molecule has 0 radical (unpaired) electrons. The monoisotopic (exact) mass is 327 g/mol. The summed E-state index contributed by atoms with van der Waals surface area (Å²) in [6.07, 6.45) is 3.35. The van der Waals surface area contributed by atoms with Crippen LogP contribution in [0.2, 0.25) is 0 Å². The Balaban J connectivity index is 1.42. The number of H-pyrrole nitrogens is 1. The van der Waals surface area contributed by atoms with Gasteiger partial charge in [0.2, 0.25) is 6.29 Å². The number of hydrogen-bond acceptors (Lipinski definition) is 7. The highest BCUT2D eigenvalue weighted by molar-refractivity contribution is 8.02. The first-order valence-corrected chi connectivity index (χ1v) is 7.80. The Morgan fingerprint density at radius 3 is 2.91 bits per heavy atom. The van der Waals surface area contributed by atoms with E-state index in [1.807, 2.05) is 30.3 Å². The van der Waals surface area contributed by atoms with Gasteiger partial charge in [0.1, 0.15) is 12.6 Å². The molecule has 1 aromatic carbocycles. The lowest BCUT2D eigenvalue weighted by atomic mass is 10.1. The number of hydrogen-bond donors (Lipinski definition) is 2. The molecule has 3 N–H and O–H groups in total. The van der Waals surface area contributed by atoms with Crippen molar-refractivity contribution in [1.82, 2.24) is 19.9 Å². The average molecular weight is 327 g/mol. The highest BCUT2D eigenvalue weighted by atomic mass is 32.2. The largest absolute Gasteiger partial charge is 0.458 e. The lowest BCUT2D eigenvalue weighted by Crippen LogP contribution is -2.11. The van der Waals surface area contributed by atoms with Crippen molar-refractivity contribution in [2.45, 2.75) is 17.9 Å². The molecule has 0 bridgehead atoms. The fraction of sp³-hybridized carbons (Fsp3) is 0.133. The first-order chi connectivity index (χ1) is 11.3. The molecule has 0 saturated heterocycles. The van der Waals surface area contributed by atoms with Gasteiger partial charge in [-0.05, 0) is 17.3 Å². The van der Waals surface area contributed by atoms with Crippen molar-refractivity contribution in [3.8, 4) is 0 Å². The van der Waals surface area contributed by atoms with Crippen LogP contribution in [0.1, 0.15) is 5.56 Å². The van der Waals surface area contributed by atoms with Crippen molar-refractivity contribution >= 4 is 28.7 Å². The summed E-state index contributed by atoms with van der Waals surface area (Å²) in [6, 6.07) is 10.0. The van der Waals surface area contributed by atoms with Gasteiger partial charge in [-0.1, -0.05) is 30.3 Å². The third-order valence-corrected chi connectivity index (χ3v) is 4.08. The summed E-state index contributed by atoms with van der Waals surface area (Å²) >= 11 is 1.32. The number of nitrogens with zero attached hydrogens (tertiary/aromatic N) is 3. The molecule has 0 amide bonds. The average Bonchev–Trinajstić information content (AvgIpc) is 3.16. The van der Waals surface area contributed by atoms with Crippen LogP contribution in [0.5, 0.6) is 0 Å². The van der Waals surface area contributed by atoms with Gasteiger partial charge in [-0.2, -0.15) is 0 Å². The van der Waals surface area contributed by atoms with Gasteiger partial charge < -0.3 is 20.2 Å². The summed E-state index contributed by atoms with van der Waals surface area (Å²) in [7, 11) is 0. The molecule has 8 heteroatoms. The van der Waals surface area contributed by atoms with E-state index in [0.717, 1.165) is 5.56 Å². The number of aromatic nitrogens is 4. The number of fused-ring (bicyclic) bond motifs is 1. The van der Waals surface area contributed by atoms with E-state index in [2.05, 4.69) is 19.9 Å². The minimum absolute atomic E-state index is 0.325. The van der Waals surface area contributed by atoms with Crippen molar-refractivity contribution in [2.24, 2.45) is 0 Å². The van der Waals surface area contributed by atoms with Crippen LogP contribution in [-0.2, 0) is 15.9 Å². The molecule has 1 atom stereocenters. The van der Waals surface area contributed by atoms with Crippen LogP contribution >= 0.6 is 11.8 Å². The maximum absolute atomic E-state index is 5.77. The second-order valence-corrected chi connectivity index (χ2v) is 5.90. The summed E-state index contributed by atoms with van der Waals surface area (Å²) < 4.78 is 11.3. The number of aromatic amines is 1. The van der Waals surface area contributed by atoms with Gasteiger partial charge in [-0.25, -0.2) is 15.0 Å². The molecule has 3 heterocycles. The van der Waals surface area contributed by atoms with Crippen LogP contribution < -0.4 is 5.73 Å². The van der Waals surface area contributed by atoms with Gasteiger partial charge in [0, 0.05) is 6.42 Å². The number of imidazole rings is 1.